The summed E-state index contributed by atoms with van der Waals surface area (Å²) in [5, 5.41) is 10.6. The van der Waals surface area contributed by atoms with Gasteiger partial charge in [0.25, 0.3) is 0 Å². The summed E-state index contributed by atoms with van der Waals surface area (Å²) < 4.78 is 1.94. The second kappa shape index (κ2) is 4.51. The Bertz CT molecular complexity index is 408. The molecule has 0 radical (unpaired) electrons. The van der Waals surface area contributed by atoms with Gasteiger partial charge in [-0.05, 0) is 29.8 Å². The molecule has 0 spiro atoms. The molecule has 0 amide bonds. The van der Waals surface area contributed by atoms with E-state index in [4.69, 9.17) is 11.6 Å². The van der Waals surface area contributed by atoms with Crippen molar-refractivity contribution in [2.45, 2.75) is 12.6 Å². The van der Waals surface area contributed by atoms with Crippen LogP contribution >= 0.6 is 11.6 Å². The van der Waals surface area contributed by atoms with E-state index in [0.717, 1.165) is 5.56 Å². The highest BCUT2D eigenvalue weighted by Crippen LogP contribution is 2.17. The fourth-order valence-electron chi connectivity index (χ4n) is 1.48. The number of nitrogens with zero attached hydrogens (tertiary/aromatic N) is 1. The van der Waals surface area contributed by atoms with Crippen molar-refractivity contribution in [3.63, 3.8) is 0 Å². The molecule has 0 bridgehead atoms. The molecule has 0 aliphatic rings. The van der Waals surface area contributed by atoms with E-state index in [1.165, 1.54) is 0 Å². The molecule has 0 saturated heterocycles. The second-order valence-electron chi connectivity index (χ2n) is 3.45. The largest absolute Gasteiger partial charge is 0.387 e. The summed E-state index contributed by atoms with van der Waals surface area (Å²) >= 11 is 5.77. The quantitative estimate of drug-likeness (QED) is 0.847. The van der Waals surface area contributed by atoms with E-state index in [9.17, 15) is 5.11 Å². The summed E-state index contributed by atoms with van der Waals surface area (Å²) in [6.07, 6.45) is 3.37. The maximum absolute atomic E-state index is 9.92. The minimum atomic E-state index is -0.491. The lowest BCUT2D eigenvalue weighted by Crippen LogP contribution is -2.06. The topological polar surface area (TPSA) is 25.2 Å². The van der Waals surface area contributed by atoms with Crippen LogP contribution in [0.25, 0.3) is 0 Å². The van der Waals surface area contributed by atoms with Crippen LogP contribution in [0.5, 0.6) is 0 Å². The number of rotatable bonds is 3. The lowest BCUT2D eigenvalue weighted by Gasteiger charge is -2.11. The van der Waals surface area contributed by atoms with Gasteiger partial charge in [-0.2, -0.15) is 0 Å². The third kappa shape index (κ3) is 2.61. The van der Waals surface area contributed by atoms with Crippen LogP contribution in [0.2, 0.25) is 5.02 Å². The first-order valence-electron chi connectivity index (χ1n) is 4.80. The first kappa shape index (κ1) is 10.3. The maximum atomic E-state index is 9.92. The molecule has 0 saturated carbocycles. The van der Waals surface area contributed by atoms with Gasteiger partial charge in [-0.15, -0.1) is 0 Å². The van der Waals surface area contributed by atoms with Crippen LogP contribution in [-0.2, 0) is 6.54 Å². The normalized spacial score (nSPS) is 12.7. The molecule has 2 aromatic rings. The van der Waals surface area contributed by atoms with E-state index in [1.54, 1.807) is 12.1 Å². The standard InChI is InChI=1S/C12H12ClNO/c13-11-5-3-10(4-6-11)12(15)9-14-7-1-2-8-14/h1-8,12,15H,9H2/t12-/m1/s1. The minimum Gasteiger partial charge on any atom is -0.387 e. The van der Waals surface area contributed by atoms with Gasteiger partial charge in [0, 0.05) is 17.4 Å². The third-order valence-corrected chi connectivity index (χ3v) is 2.56. The van der Waals surface area contributed by atoms with Gasteiger partial charge in [0.2, 0.25) is 0 Å². The molecule has 0 aliphatic heterocycles. The van der Waals surface area contributed by atoms with Crippen molar-refractivity contribution in [3.05, 3.63) is 59.4 Å². The predicted octanol–water partition coefficient (Wildman–Crippen LogP) is 2.88. The van der Waals surface area contributed by atoms with E-state index in [0.29, 0.717) is 11.6 Å². The molecule has 1 aromatic heterocycles. The zero-order valence-corrected chi connectivity index (χ0v) is 8.93. The number of aromatic nitrogens is 1. The van der Waals surface area contributed by atoms with Crippen molar-refractivity contribution in [3.8, 4) is 0 Å². The van der Waals surface area contributed by atoms with Crippen LogP contribution < -0.4 is 0 Å². The summed E-state index contributed by atoms with van der Waals surface area (Å²) in [7, 11) is 0. The van der Waals surface area contributed by atoms with Gasteiger partial charge < -0.3 is 9.67 Å². The Morgan fingerprint density at radius 2 is 1.73 bits per heavy atom. The van der Waals surface area contributed by atoms with Crippen molar-refractivity contribution in [1.82, 2.24) is 4.57 Å². The molecule has 1 N–H and O–H groups in total. The smallest absolute Gasteiger partial charge is 0.0968 e. The van der Waals surface area contributed by atoms with Crippen LogP contribution in [0.15, 0.2) is 48.8 Å². The highest BCUT2D eigenvalue weighted by Gasteiger charge is 2.07. The Labute approximate surface area is 93.7 Å². The van der Waals surface area contributed by atoms with E-state index in [-0.39, 0.29) is 0 Å². The third-order valence-electron chi connectivity index (χ3n) is 2.30. The molecule has 78 valence electrons. The van der Waals surface area contributed by atoms with Gasteiger partial charge in [0.15, 0.2) is 0 Å². The molecule has 0 aliphatic carbocycles. The van der Waals surface area contributed by atoms with Gasteiger partial charge >= 0.3 is 0 Å². The zero-order valence-electron chi connectivity index (χ0n) is 8.18. The van der Waals surface area contributed by atoms with Crippen LogP contribution in [0, 0.1) is 0 Å². The van der Waals surface area contributed by atoms with E-state index in [1.807, 2.05) is 41.2 Å². The van der Waals surface area contributed by atoms with Crippen LogP contribution in [0.3, 0.4) is 0 Å². The molecular formula is C12H12ClNO. The van der Waals surface area contributed by atoms with Crippen LogP contribution in [0.1, 0.15) is 11.7 Å². The van der Waals surface area contributed by atoms with Gasteiger partial charge in [-0.3, -0.25) is 0 Å². The van der Waals surface area contributed by atoms with Crippen molar-refractivity contribution in [2.75, 3.05) is 0 Å². The zero-order chi connectivity index (χ0) is 10.7. The summed E-state index contributed by atoms with van der Waals surface area (Å²) in [5.74, 6) is 0. The lowest BCUT2D eigenvalue weighted by atomic mass is 10.1. The Morgan fingerprint density at radius 1 is 1.13 bits per heavy atom. The Kier molecular flexibility index (Phi) is 3.09. The SMILES string of the molecule is O[C@H](Cn1cccc1)c1ccc(Cl)cc1. The van der Waals surface area contributed by atoms with E-state index in [2.05, 4.69) is 0 Å². The van der Waals surface area contributed by atoms with Crippen molar-refractivity contribution < 1.29 is 5.11 Å². The van der Waals surface area contributed by atoms with Gasteiger partial charge in [0.1, 0.15) is 0 Å². The molecule has 2 nitrogen and oxygen atoms in total. The molecule has 1 aromatic carbocycles. The Hall–Kier alpha value is -1.25. The maximum Gasteiger partial charge on any atom is 0.0968 e. The second-order valence-corrected chi connectivity index (χ2v) is 3.88. The van der Waals surface area contributed by atoms with Gasteiger partial charge in [0.05, 0.1) is 12.6 Å². The number of hydrogen-bond acceptors (Lipinski definition) is 1. The van der Waals surface area contributed by atoms with Crippen molar-refractivity contribution >= 4 is 11.6 Å². The number of benzene rings is 1. The molecule has 3 heteroatoms. The predicted molar refractivity (Wildman–Crippen MR) is 60.8 cm³/mol. The van der Waals surface area contributed by atoms with E-state index < -0.39 is 6.10 Å². The monoisotopic (exact) mass is 221 g/mol. The lowest BCUT2D eigenvalue weighted by molar-refractivity contribution is 0.156. The van der Waals surface area contributed by atoms with Crippen LogP contribution in [-0.4, -0.2) is 9.67 Å². The fourth-order valence-corrected chi connectivity index (χ4v) is 1.61. The number of aliphatic hydroxyl groups excluding tert-OH is 1. The Morgan fingerprint density at radius 3 is 2.33 bits per heavy atom. The summed E-state index contributed by atoms with van der Waals surface area (Å²) in [5.41, 5.74) is 0.883. The average Bonchev–Trinajstić information content (AvgIpc) is 2.71. The van der Waals surface area contributed by atoms with Crippen molar-refractivity contribution in [2.24, 2.45) is 0 Å². The first-order chi connectivity index (χ1) is 7.25. The molecular weight excluding hydrogens is 210 g/mol. The average molecular weight is 222 g/mol. The highest BCUT2D eigenvalue weighted by molar-refractivity contribution is 6.30. The van der Waals surface area contributed by atoms with Gasteiger partial charge in [-0.25, -0.2) is 0 Å². The molecule has 0 unspecified atom stereocenters. The number of aliphatic hydroxyl groups is 1. The summed E-state index contributed by atoms with van der Waals surface area (Å²) in [6.45, 7) is 0.564. The summed E-state index contributed by atoms with van der Waals surface area (Å²) in [6, 6.07) is 11.1. The molecule has 15 heavy (non-hydrogen) atoms. The number of hydrogen-bond donors (Lipinski definition) is 1. The molecule has 2 rings (SSSR count). The van der Waals surface area contributed by atoms with E-state index >= 15 is 0 Å². The summed E-state index contributed by atoms with van der Waals surface area (Å²) in [4.78, 5) is 0. The fraction of sp³-hybridized carbons (Fsp3) is 0.167. The molecule has 1 atom stereocenters. The highest BCUT2D eigenvalue weighted by atomic mass is 35.5. The van der Waals surface area contributed by atoms with Crippen molar-refractivity contribution in [1.29, 1.82) is 0 Å². The Balaban J connectivity index is 2.08. The van der Waals surface area contributed by atoms with Crippen LogP contribution in [0.4, 0.5) is 0 Å². The minimum absolute atomic E-state index is 0.491. The molecule has 0 fully saturated rings. The van der Waals surface area contributed by atoms with Gasteiger partial charge in [-0.1, -0.05) is 23.7 Å². The number of halogens is 1. The first-order valence-corrected chi connectivity index (χ1v) is 5.18. The molecule has 1 heterocycles.